The molecular formula is C41H60N4O7. The van der Waals surface area contributed by atoms with Crippen molar-refractivity contribution in [1.82, 2.24) is 15.5 Å². The third kappa shape index (κ3) is 8.54. The van der Waals surface area contributed by atoms with Gasteiger partial charge in [0, 0.05) is 30.7 Å². The molecule has 2 aliphatic carbocycles. The SMILES string of the molecule is CCC[C@H](NC(=O)[C@@H]1C[C@]2(CC(c3cc(C)c(OCC)c(C)c3)=NO2)CN1C(=O)[C@@H](NC(=O)[C@@H]1C[C@H]1C1CCCCC1)C(C)(C)C)C(=O)C(=O)CC. The van der Waals surface area contributed by atoms with Crippen molar-refractivity contribution in [1.29, 1.82) is 0 Å². The van der Waals surface area contributed by atoms with E-state index in [1.54, 1.807) is 6.92 Å². The zero-order valence-corrected chi connectivity index (χ0v) is 32.6. The summed E-state index contributed by atoms with van der Waals surface area (Å²) in [7, 11) is 0. The molecule has 1 aromatic carbocycles. The molecule has 0 bridgehead atoms. The molecule has 1 saturated heterocycles. The fraction of sp³-hybridized carbons (Fsp3) is 0.707. The Labute approximate surface area is 309 Å². The van der Waals surface area contributed by atoms with Crippen molar-refractivity contribution in [3.63, 3.8) is 0 Å². The molecule has 5 rings (SSSR count). The van der Waals surface area contributed by atoms with Crippen LogP contribution in [-0.2, 0) is 28.8 Å². The molecule has 0 radical (unpaired) electrons. The third-order valence-electron chi connectivity index (χ3n) is 11.5. The standard InChI is InChI=1S/C41H60N4O7/c1-9-15-30(34(47)33(46)10-2)42-38(49)32-22-41(21-31(44-52-41)27-18-24(4)35(51-11-3)25(5)19-27)23-45(32)39(50)36(40(6,7)8)43-37(48)29-20-28(29)26-16-13-12-14-17-26/h18-19,26,28-30,32,36H,9-17,20-23H2,1-8H3,(H,42,49)(H,43,48)/t28-,29+,30-,32-,36+,41+/m0/s1. The molecule has 3 fully saturated rings. The number of likely N-dealkylation sites (tertiary alicyclic amines) is 1. The van der Waals surface area contributed by atoms with Crippen LogP contribution in [0.5, 0.6) is 5.75 Å². The topological polar surface area (TPSA) is 143 Å². The molecule has 1 aromatic rings. The number of benzene rings is 1. The van der Waals surface area contributed by atoms with E-state index in [1.807, 2.05) is 60.6 Å². The maximum absolute atomic E-state index is 14.8. The number of ether oxygens (including phenoxy) is 1. The van der Waals surface area contributed by atoms with E-state index >= 15 is 0 Å². The minimum absolute atomic E-state index is 0.0417. The second-order valence-electron chi connectivity index (χ2n) is 16.7. The Kier molecular flexibility index (Phi) is 12.2. The van der Waals surface area contributed by atoms with Gasteiger partial charge in [0.25, 0.3) is 0 Å². The monoisotopic (exact) mass is 720 g/mol. The number of carbonyl (C=O) groups is 5. The molecule has 0 unspecified atom stereocenters. The number of rotatable bonds is 14. The van der Waals surface area contributed by atoms with Crippen LogP contribution < -0.4 is 15.4 Å². The Morgan fingerprint density at radius 1 is 1.00 bits per heavy atom. The van der Waals surface area contributed by atoms with Crippen LogP contribution in [0.4, 0.5) is 0 Å². The van der Waals surface area contributed by atoms with E-state index in [9.17, 15) is 24.0 Å². The van der Waals surface area contributed by atoms with E-state index in [1.165, 1.54) is 24.2 Å². The van der Waals surface area contributed by atoms with Crippen LogP contribution >= 0.6 is 0 Å². The average molecular weight is 721 g/mol. The minimum Gasteiger partial charge on any atom is -0.493 e. The molecule has 11 nitrogen and oxygen atoms in total. The van der Waals surface area contributed by atoms with Gasteiger partial charge in [-0.1, -0.05) is 78.3 Å². The maximum atomic E-state index is 14.8. The van der Waals surface area contributed by atoms with E-state index in [4.69, 9.17) is 9.57 Å². The van der Waals surface area contributed by atoms with Crippen molar-refractivity contribution in [2.75, 3.05) is 13.2 Å². The summed E-state index contributed by atoms with van der Waals surface area (Å²) in [6.45, 7) is 15.8. The smallest absolute Gasteiger partial charge is 0.246 e. The molecule has 2 aliphatic heterocycles. The molecule has 4 aliphatic rings. The largest absolute Gasteiger partial charge is 0.493 e. The van der Waals surface area contributed by atoms with Crippen molar-refractivity contribution in [2.24, 2.45) is 28.3 Å². The summed E-state index contributed by atoms with van der Waals surface area (Å²) in [4.78, 5) is 75.8. The van der Waals surface area contributed by atoms with E-state index in [-0.39, 0.29) is 37.1 Å². The number of carbonyl (C=O) groups excluding carboxylic acids is 5. The lowest BCUT2D eigenvalue weighted by Gasteiger charge is -2.36. The van der Waals surface area contributed by atoms with Crippen LogP contribution in [0, 0.1) is 37.0 Å². The van der Waals surface area contributed by atoms with Crippen molar-refractivity contribution in [3.8, 4) is 5.75 Å². The molecule has 286 valence electrons. The number of amides is 3. The third-order valence-corrected chi connectivity index (χ3v) is 11.5. The first-order valence-corrected chi connectivity index (χ1v) is 19.6. The fourth-order valence-corrected chi connectivity index (χ4v) is 8.63. The fourth-order valence-electron chi connectivity index (χ4n) is 8.63. The number of oxime groups is 1. The normalized spacial score (nSPS) is 25.6. The summed E-state index contributed by atoms with van der Waals surface area (Å²) in [6.07, 6.45) is 8.26. The summed E-state index contributed by atoms with van der Waals surface area (Å²) in [5.74, 6) is -0.523. The van der Waals surface area contributed by atoms with E-state index in [2.05, 4.69) is 15.8 Å². The van der Waals surface area contributed by atoms with Crippen molar-refractivity contribution in [2.45, 2.75) is 150 Å². The van der Waals surface area contributed by atoms with Gasteiger partial charge in [-0.05, 0) is 74.1 Å². The van der Waals surface area contributed by atoms with E-state index < -0.39 is 46.6 Å². The summed E-state index contributed by atoms with van der Waals surface area (Å²) in [6, 6.07) is 1.13. The number of hydrogen-bond donors (Lipinski definition) is 2. The Hall–Kier alpha value is -3.76. The van der Waals surface area contributed by atoms with Crippen LogP contribution in [0.15, 0.2) is 17.3 Å². The Morgan fingerprint density at radius 2 is 1.67 bits per heavy atom. The molecule has 1 spiro atoms. The zero-order chi connectivity index (χ0) is 38.0. The van der Waals surface area contributed by atoms with Gasteiger partial charge >= 0.3 is 0 Å². The first-order valence-electron chi connectivity index (χ1n) is 19.6. The van der Waals surface area contributed by atoms with Gasteiger partial charge in [-0.2, -0.15) is 0 Å². The first-order chi connectivity index (χ1) is 24.6. The second kappa shape index (κ2) is 16.1. The van der Waals surface area contributed by atoms with Gasteiger partial charge in [0.05, 0.1) is 24.9 Å². The highest BCUT2D eigenvalue weighted by Crippen LogP contribution is 2.50. The number of Topliss-reactive ketones (excluding diaryl/α,β-unsaturated/α-hetero) is 2. The van der Waals surface area contributed by atoms with Gasteiger partial charge in [0.1, 0.15) is 17.8 Å². The Balaban J connectivity index is 1.40. The highest BCUT2D eigenvalue weighted by atomic mass is 16.7. The van der Waals surface area contributed by atoms with Crippen LogP contribution in [0.2, 0.25) is 0 Å². The van der Waals surface area contributed by atoms with Crippen molar-refractivity contribution >= 4 is 35.0 Å². The molecule has 2 heterocycles. The van der Waals surface area contributed by atoms with Crippen LogP contribution in [0.25, 0.3) is 0 Å². The molecule has 3 amide bonds. The molecule has 52 heavy (non-hydrogen) atoms. The van der Waals surface area contributed by atoms with Crippen LogP contribution in [0.3, 0.4) is 0 Å². The van der Waals surface area contributed by atoms with Gasteiger partial charge < -0.3 is 25.1 Å². The predicted octanol–water partition coefficient (Wildman–Crippen LogP) is 5.75. The van der Waals surface area contributed by atoms with Gasteiger partial charge in [-0.25, -0.2) is 0 Å². The Bertz CT molecular complexity index is 1550. The number of nitrogens with one attached hydrogen (secondary N) is 2. The highest BCUT2D eigenvalue weighted by molar-refractivity contribution is 6.39. The van der Waals surface area contributed by atoms with Crippen molar-refractivity contribution < 1.29 is 33.5 Å². The predicted molar refractivity (Wildman–Crippen MR) is 199 cm³/mol. The average Bonchev–Trinajstić information content (AvgIpc) is 3.68. The van der Waals surface area contributed by atoms with Gasteiger partial charge in [-0.15, -0.1) is 0 Å². The van der Waals surface area contributed by atoms with Gasteiger partial charge in [0.15, 0.2) is 11.4 Å². The molecule has 2 N–H and O–H groups in total. The lowest BCUT2D eigenvalue weighted by atomic mass is 9.84. The summed E-state index contributed by atoms with van der Waals surface area (Å²) >= 11 is 0. The Morgan fingerprint density at radius 3 is 2.27 bits per heavy atom. The summed E-state index contributed by atoms with van der Waals surface area (Å²) < 4.78 is 5.84. The quantitative estimate of drug-likeness (QED) is 0.233. The maximum Gasteiger partial charge on any atom is 0.246 e. The molecule has 6 atom stereocenters. The number of ketones is 2. The molecular weight excluding hydrogens is 660 g/mol. The highest BCUT2D eigenvalue weighted by Gasteiger charge is 2.56. The van der Waals surface area contributed by atoms with Crippen LogP contribution in [0.1, 0.15) is 129 Å². The first kappa shape index (κ1) is 39.4. The molecule has 11 heteroatoms. The van der Waals surface area contributed by atoms with E-state index in [0.717, 1.165) is 41.7 Å². The molecule has 0 aromatic heterocycles. The van der Waals surface area contributed by atoms with Gasteiger partial charge in [-0.3, -0.25) is 24.0 Å². The van der Waals surface area contributed by atoms with Gasteiger partial charge in [0.2, 0.25) is 23.5 Å². The molecule has 2 saturated carbocycles. The van der Waals surface area contributed by atoms with Crippen molar-refractivity contribution in [3.05, 3.63) is 28.8 Å². The summed E-state index contributed by atoms with van der Waals surface area (Å²) in [5, 5.41) is 10.5. The number of aryl methyl sites for hydroxylation is 2. The number of hydrogen-bond acceptors (Lipinski definition) is 8. The zero-order valence-electron chi connectivity index (χ0n) is 32.6. The lowest BCUT2D eigenvalue weighted by Crippen LogP contribution is -2.59. The van der Waals surface area contributed by atoms with Crippen LogP contribution in [-0.4, -0.2) is 76.8 Å². The minimum atomic E-state index is -1.01. The number of nitrogens with zero attached hydrogens (tertiary/aromatic N) is 2. The summed E-state index contributed by atoms with van der Waals surface area (Å²) in [5.41, 5.74) is 1.87. The second-order valence-corrected chi connectivity index (χ2v) is 16.7. The lowest BCUT2D eigenvalue weighted by molar-refractivity contribution is -0.145. The van der Waals surface area contributed by atoms with E-state index in [0.29, 0.717) is 43.4 Å².